The Morgan fingerprint density at radius 3 is 3.05 bits per heavy atom. The molecule has 0 bridgehead atoms. The Bertz CT molecular complexity index is 609. The third-order valence-electron chi connectivity index (χ3n) is 4.01. The molecule has 0 radical (unpaired) electrons. The van der Waals surface area contributed by atoms with E-state index in [-0.39, 0.29) is 11.9 Å². The first-order valence-electron chi connectivity index (χ1n) is 6.55. The maximum absolute atomic E-state index is 12.7. The van der Waals surface area contributed by atoms with E-state index in [0.717, 1.165) is 23.9 Å². The van der Waals surface area contributed by atoms with Crippen LogP contribution in [0.4, 0.5) is 0 Å². The molecular weight excluding hydrogens is 278 g/mol. The van der Waals surface area contributed by atoms with E-state index >= 15 is 0 Å². The molecule has 1 aromatic heterocycles. The predicted octanol–water partition coefficient (Wildman–Crippen LogP) is 3.99. The largest absolute Gasteiger partial charge is 0.334 e. The molecular formula is C15H16ClNOS. The lowest BCUT2D eigenvalue weighted by Gasteiger charge is -2.25. The number of hydrogen-bond acceptors (Lipinski definition) is 2. The first-order chi connectivity index (χ1) is 9.22. The van der Waals surface area contributed by atoms with Crippen molar-refractivity contribution in [1.29, 1.82) is 0 Å². The molecule has 0 N–H and O–H groups in total. The molecule has 1 aromatic carbocycles. The van der Waals surface area contributed by atoms with Crippen LogP contribution in [0, 0.1) is 5.92 Å². The number of carbonyl (C=O) groups is 1. The number of rotatable bonds is 2. The third kappa shape index (κ3) is 2.15. The summed E-state index contributed by atoms with van der Waals surface area (Å²) in [4.78, 5) is 14.7. The van der Waals surface area contributed by atoms with Gasteiger partial charge in [-0.2, -0.15) is 0 Å². The van der Waals surface area contributed by atoms with Gasteiger partial charge in [-0.1, -0.05) is 25.1 Å². The van der Waals surface area contributed by atoms with Crippen molar-refractivity contribution >= 4 is 38.9 Å². The summed E-state index contributed by atoms with van der Waals surface area (Å²) >= 11 is 7.66. The van der Waals surface area contributed by atoms with E-state index in [1.54, 1.807) is 11.3 Å². The summed E-state index contributed by atoms with van der Waals surface area (Å²) in [5.41, 5.74) is 0.824. The van der Waals surface area contributed by atoms with E-state index in [2.05, 4.69) is 13.0 Å². The van der Waals surface area contributed by atoms with E-state index in [0.29, 0.717) is 11.8 Å². The van der Waals surface area contributed by atoms with Gasteiger partial charge in [-0.15, -0.1) is 22.9 Å². The van der Waals surface area contributed by atoms with Crippen LogP contribution in [0.25, 0.3) is 10.1 Å². The van der Waals surface area contributed by atoms with Gasteiger partial charge in [-0.3, -0.25) is 4.79 Å². The van der Waals surface area contributed by atoms with Gasteiger partial charge in [0.25, 0.3) is 5.91 Å². The van der Waals surface area contributed by atoms with Crippen LogP contribution in [0.3, 0.4) is 0 Å². The molecule has 100 valence electrons. The summed E-state index contributed by atoms with van der Waals surface area (Å²) in [5, 5.41) is 3.03. The van der Waals surface area contributed by atoms with Crippen LogP contribution in [0.1, 0.15) is 23.7 Å². The SMILES string of the molecule is CC1CCN(C(=O)c2csc3ccccc23)C1CCl. The Labute approximate surface area is 122 Å². The van der Waals surface area contributed by atoms with Crippen LogP contribution in [0.5, 0.6) is 0 Å². The number of benzene rings is 1. The molecule has 0 aliphatic carbocycles. The number of likely N-dealkylation sites (tertiary alicyclic amines) is 1. The van der Waals surface area contributed by atoms with Gasteiger partial charge in [0.2, 0.25) is 0 Å². The number of nitrogens with zero attached hydrogens (tertiary/aromatic N) is 1. The van der Waals surface area contributed by atoms with Crippen molar-refractivity contribution in [2.45, 2.75) is 19.4 Å². The summed E-state index contributed by atoms with van der Waals surface area (Å²) in [6.45, 7) is 2.99. The lowest BCUT2D eigenvalue weighted by atomic mass is 10.0. The highest BCUT2D eigenvalue weighted by Gasteiger charge is 2.34. The Kier molecular flexibility index (Phi) is 3.50. The quantitative estimate of drug-likeness (QED) is 0.767. The standard InChI is InChI=1S/C15H16ClNOS/c1-10-6-7-17(13(10)8-16)15(18)12-9-19-14-5-3-2-4-11(12)14/h2-5,9-10,13H,6-8H2,1H3. The Morgan fingerprint density at radius 2 is 2.26 bits per heavy atom. The fraction of sp³-hybridized carbons (Fsp3) is 0.400. The number of carbonyl (C=O) groups excluding carboxylic acids is 1. The zero-order chi connectivity index (χ0) is 13.4. The van der Waals surface area contributed by atoms with Crippen LogP contribution in [0.15, 0.2) is 29.6 Å². The minimum Gasteiger partial charge on any atom is -0.334 e. The van der Waals surface area contributed by atoms with Crippen LogP contribution >= 0.6 is 22.9 Å². The molecule has 1 amide bonds. The molecule has 1 aliphatic heterocycles. The van der Waals surface area contributed by atoms with Crippen LogP contribution in [0.2, 0.25) is 0 Å². The number of alkyl halides is 1. The highest BCUT2D eigenvalue weighted by atomic mass is 35.5. The molecule has 1 saturated heterocycles. The number of hydrogen-bond donors (Lipinski definition) is 0. The monoisotopic (exact) mass is 293 g/mol. The Balaban J connectivity index is 1.96. The second-order valence-corrected chi connectivity index (χ2v) is 6.35. The lowest BCUT2D eigenvalue weighted by molar-refractivity contribution is 0.0739. The fourth-order valence-corrected chi connectivity index (χ4v) is 4.20. The second-order valence-electron chi connectivity index (χ2n) is 5.13. The van der Waals surface area contributed by atoms with Gasteiger partial charge in [-0.25, -0.2) is 0 Å². The zero-order valence-corrected chi connectivity index (χ0v) is 12.4. The molecule has 4 heteroatoms. The molecule has 2 unspecified atom stereocenters. The molecule has 2 aromatic rings. The Morgan fingerprint density at radius 1 is 1.47 bits per heavy atom. The van der Waals surface area contributed by atoms with Crippen molar-refractivity contribution < 1.29 is 4.79 Å². The molecule has 0 saturated carbocycles. The summed E-state index contributed by atoms with van der Waals surface area (Å²) in [7, 11) is 0. The molecule has 1 aliphatic rings. The molecule has 3 rings (SSSR count). The maximum Gasteiger partial charge on any atom is 0.255 e. The van der Waals surface area contributed by atoms with Crippen LogP contribution in [-0.4, -0.2) is 29.3 Å². The smallest absolute Gasteiger partial charge is 0.255 e. The van der Waals surface area contributed by atoms with Gasteiger partial charge < -0.3 is 4.90 Å². The summed E-state index contributed by atoms with van der Waals surface area (Å²) in [6, 6.07) is 8.24. The number of amides is 1. The Hall–Kier alpha value is -1.06. The van der Waals surface area contributed by atoms with E-state index in [4.69, 9.17) is 11.6 Å². The van der Waals surface area contributed by atoms with E-state index in [1.807, 2.05) is 28.5 Å². The molecule has 19 heavy (non-hydrogen) atoms. The number of fused-ring (bicyclic) bond motifs is 1. The maximum atomic E-state index is 12.7. The first-order valence-corrected chi connectivity index (χ1v) is 7.97. The van der Waals surface area contributed by atoms with Gasteiger partial charge in [0, 0.05) is 33.9 Å². The van der Waals surface area contributed by atoms with Gasteiger partial charge in [0.05, 0.1) is 5.56 Å². The molecule has 1 fully saturated rings. The average Bonchev–Trinajstić information content (AvgIpc) is 3.01. The fourth-order valence-electron chi connectivity index (χ4n) is 2.79. The summed E-state index contributed by atoms with van der Waals surface area (Å²) < 4.78 is 1.17. The van der Waals surface area contributed by atoms with Gasteiger partial charge >= 0.3 is 0 Å². The predicted molar refractivity (Wildman–Crippen MR) is 81.2 cm³/mol. The second kappa shape index (κ2) is 5.14. The van der Waals surface area contributed by atoms with Gasteiger partial charge in [0.15, 0.2) is 0 Å². The van der Waals surface area contributed by atoms with Crippen molar-refractivity contribution in [3.63, 3.8) is 0 Å². The van der Waals surface area contributed by atoms with E-state index in [9.17, 15) is 4.79 Å². The molecule has 2 atom stereocenters. The summed E-state index contributed by atoms with van der Waals surface area (Å²) in [5.74, 6) is 1.15. The lowest BCUT2D eigenvalue weighted by Crippen LogP contribution is -2.38. The minimum absolute atomic E-state index is 0.132. The first kappa shape index (κ1) is 12.9. The highest BCUT2D eigenvalue weighted by molar-refractivity contribution is 7.17. The van der Waals surface area contributed by atoms with E-state index in [1.165, 1.54) is 4.70 Å². The zero-order valence-electron chi connectivity index (χ0n) is 10.8. The third-order valence-corrected chi connectivity index (χ3v) is 5.29. The normalized spacial score (nSPS) is 23.2. The van der Waals surface area contributed by atoms with E-state index < -0.39 is 0 Å². The van der Waals surface area contributed by atoms with Crippen molar-refractivity contribution in [2.75, 3.05) is 12.4 Å². The number of halogens is 1. The summed E-state index contributed by atoms with van der Waals surface area (Å²) in [6.07, 6.45) is 1.05. The van der Waals surface area contributed by atoms with Crippen molar-refractivity contribution in [3.05, 3.63) is 35.2 Å². The van der Waals surface area contributed by atoms with Crippen molar-refractivity contribution in [2.24, 2.45) is 5.92 Å². The van der Waals surface area contributed by atoms with Gasteiger partial charge in [0.1, 0.15) is 0 Å². The van der Waals surface area contributed by atoms with Crippen LogP contribution in [-0.2, 0) is 0 Å². The number of thiophene rings is 1. The minimum atomic E-state index is 0.132. The van der Waals surface area contributed by atoms with Gasteiger partial charge in [-0.05, 0) is 18.4 Å². The topological polar surface area (TPSA) is 20.3 Å². The molecule has 2 heterocycles. The van der Waals surface area contributed by atoms with Crippen molar-refractivity contribution in [1.82, 2.24) is 4.90 Å². The average molecular weight is 294 g/mol. The van der Waals surface area contributed by atoms with Crippen LogP contribution < -0.4 is 0 Å². The molecule has 0 spiro atoms. The molecule has 2 nitrogen and oxygen atoms in total. The van der Waals surface area contributed by atoms with Crippen molar-refractivity contribution in [3.8, 4) is 0 Å². The highest BCUT2D eigenvalue weighted by Crippen LogP contribution is 2.31.